The van der Waals surface area contributed by atoms with E-state index in [9.17, 15) is 4.79 Å². The second-order valence-electron chi connectivity index (χ2n) is 3.68. The van der Waals surface area contributed by atoms with Crippen LogP contribution in [-0.4, -0.2) is 19.0 Å². The molecule has 1 aromatic carbocycles. The Balaban J connectivity index is 2.52. The molecule has 2 N–H and O–H groups in total. The minimum atomic E-state index is -0.0428. The first-order valence-corrected chi connectivity index (χ1v) is 5.78. The SMILES string of the molecule is CCCNCC(=O)Nc1cc(Cl)ccc1C. The van der Waals surface area contributed by atoms with Crippen LogP contribution in [0.25, 0.3) is 0 Å². The average Bonchev–Trinajstić information content (AvgIpc) is 2.24. The van der Waals surface area contributed by atoms with Crippen LogP contribution in [0, 0.1) is 6.92 Å². The van der Waals surface area contributed by atoms with Gasteiger partial charge >= 0.3 is 0 Å². The molecule has 1 rings (SSSR count). The third-order valence-corrected chi connectivity index (χ3v) is 2.42. The second kappa shape index (κ2) is 6.51. The van der Waals surface area contributed by atoms with Crippen LogP contribution >= 0.6 is 11.6 Å². The van der Waals surface area contributed by atoms with Crippen molar-refractivity contribution in [3.8, 4) is 0 Å². The predicted octanol–water partition coefficient (Wildman–Crippen LogP) is 2.59. The molecule has 3 nitrogen and oxygen atoms in total. The van der Waals surface area contributed by atoms with E-state index in [1.807, 2.05) is 19.1 Å². The van der Waals surface area contributed by atoms with Crippen molar-refractivity contribution in [1.29, 1.82) is 0 Å². The molecule has 4 heteroatoms. The van der Waals surface area contributed by atoms with Gasteiger partial charge in [0.25, 0.3) is 0 Å². The molecule has 16 heavy (non-hydrogen) atoms. The molecule has 0 fully saturated rings. The van der Waals surface area contributed by atoms with E-state index in [-0.39, 0.29) is 5.91 Å². The number of benzene rings is 1. The number of hydrogen-bond donors (Lipinski definition) is 2. The molecule has 1 aromatic rings. The standard InChI is InChI=1S/C12H17ClN2O/c1-3-6-14-8-12(16)15-11-7-10(13)5-4-9(11)2/h4-5,7,14H,3,6,8H2,1-2H3,(H,15,16). The number of nitrogens with one attached hydrogen (secondary N) is 2. The maximum absolute atomic E-state index is 11.5. The van der Waals surface area contributed by atoms with Crippen LogP contribution in [0.15, 0.2) is 18.2 Å². The molecule has 0 spiro atoms. The highest BCUT2D eigenvalue weighted by Gasteiger charge is 2.04. The smallest absolute Gasteiger partial charge is 0.238 e. The number of aryl methyl sites for hydroxylation is 1. The minimum absolute atomic E-state index is 0.0428. The Morgan fingerprint density at radius 1 is 1.44 bits per heavy atom. The lowest BCUT2D eigenvalue weighted by Crippen LogP contribution is -2.28. The van der Waals surface area contributed by atoms with Crippen molar-refractivity contribution in [3.63, 3.8) is 0 Å². The number of halogens is 1. The van der Waals surface area contributed by atoms with Crippen molar-refractivity contribution in [2.45, 2.75) is 20.3 Å². The molecular formula is C12H17ClN2O. The predicted molar refractivity (Wildman–Crippen MR) is 68.0 cm³/mol. The summed E-state index contributed by atoms with van der Waals surface area (Å²) in [6, 6.07) is 5.45. The second-order valence-corrected chi connectivity index (χ2v) is 4.12. The zero-order chi connectivity index (χ0) is 12.0. The number of rotatable bonds is 5. The van der Waals surface area contributed by atoms with Crippen molar-refractivity contribution in [2.24, 2.45) is 0 Å². The monoisotopic (exact) mass is 240 g/mol. The summed E-state index contributed by atoms with van der Waals surface area (Å²) in [5, 5.41) is 6.50. The summed E-state index contributed by atoms with van der Waals surface area (Å²) >= 11 is 5.86. The van der Waals surface area contributed by atoms with Gasteiger partial charge in [-0.3, -0.25) is 4.79 Å². The first-order chi connectivity index (χ1) is 7.63. The van der Waals surface area contributed by atoms with Gasteiger partial charge in [-0.15, -0.1) is 0 Å². The number of anilines is 1. The first kappa shape index (κ1) is 13.0. The minimum Gasteiger partial charge on any atom is -0.325 e. The molecule has 0 saturated heterocycles. The van der Waals surface area contributed by atoms with Crippen LogP contribution in [0.1, 0.15) is 18.9 Å². The molecule has 0 aliphatic carbocycles. The summed E-state index contributed by atoms with van der Waals surface area (Å²) in [5.74, 6) is -0.0428. The normalized spacial score (nSPS) is 10.2. The van der Waals surface area contributed by atoms with E-state index in [2.05, 4.69) is 17.6 Å². The van der Waals surface area contributed by atoms with Crippen LogP contribution in [0.3, 0.4) is 0 Å². The van der Waals surface area contributed by atoms with Gasteiger partial charge in [0.15, 0.2) is 0 Å². The summed E-state index contributed by atoms with van der Waals surface area (Å²) in [6.07, 6.45) is 1.02. The molecule has 0 aromatic heterocycles. The van der Waals surface area contributed by atoms with E-state index in [1.165, 1.54) is 0 Å². The molecule has 0 radical (unpaired) electrons. The van der Waals surface area contributed by atoms with Crippen molar-refractivity contribution in [1.82, 2.24) is 5.32 Å². The molecule has 0 aliphatic rings. The third-order valence-electron chi connectivity index (χ3n) is 2.19. The van der Waals surface area contributed by atoms with Crippen LogP contribution in [0.4, 0.5) is 5.69 Å². The molecule has 0 unspecified atom stereocenters. The maximum atomic E-state index is 11.5. The number of carbonyl (C=O) groups excluding carboxylic acids is 1. The molecule has 88 valence electrons. The summed E-state index contributed by atoms with van der Waals surface area (Å²) in [6.45, 7) is 5.18. The largest absolute Gasteiger partial charge is 0.325 e. The van der Waals surface area contributed by atoms with Crippen molar-refractivity contribution in [3.05, 3.63) is 28.8 Å². The molecule has 1 amide bonds. The summed E-state index contributed by atoms with van der Waals surface area (Å²) in [4.78, 5) is 11.5. The lowest BCUT2D eigenvalue weighted by molar-refractivity contribution is -0.115. The zero-order valence-corrected chi connectivity index (χ0v) is 10.4. The van der Waals surface area contributed by atoms with Gasteiger partial charge in [0, 0.05) is 10.7 Å². The average molecular weight is 241 g/mol. The highest BCUT2D eigenvalue weighted by Crippen LogP contribution is 2.19. The molecular weight excluding hydrogens is 224 g/mol. The van der Waals surface area contributed by atoms with E-state index >= 15 is 0 Å². The highest BCUT2D eigenvalue weighted by molar-refractivity contribution is 6.31. The van der Waals surface area contributed by atoms with Crippen LogP contribution in [0.2, 0.25) is 5.02 Å². The van der Waals surface area contributed by atoms with Gasteiger partial charge < -0.3 is 10.6 Å². The van der Waals surface area contributed by atoms with E-state index in [4.69, 9.17) is 11.6 Å². The molecule has 0 saturated carbocycles. The van der Waals surface area contributed by atoms with E-state index < -0.39 is 0 Å². The molecule has 0 heterocycles. The van der Waals surface area contributed by atoms with Crippen LogP contribution < -0.4 is 10.6 Å². The van der Waals surface area contributed by atoms with E-state index in [0.717, 1.165) is 24.2 Å². The van der Waals surface area contributed by atoms with Crippen molar-refractivity contribution >= 4 is 23.2 Å². The van der Waals surface area contributed by atoms with Crippen molar-refractivity contribution in [2.75, 3.05) is 18.4 Å². The van der Waals surface area contributed by atoms with E-state index in [0.29, 0.717) is 11.6 Å². The summed E-state index contributed by atoms with van der Waals surface area (Å²) < 4.78 is 0. The van der Waals surface area contributed by atoms with Gasteiger partial charge in [0.05, 0.1) is 6.54 Å². The third kappa shape index (κ3) is 4.21. The Hall–Kier alpha value is -1.06. The fourth-order valence-electron chi connectivity index (χ4n) is 1.30. The lowest BCUT2D eigenvalue weighted by Gasteiger charge is -2.09. The topological polar surface area (TPSA) is 41.1 Å². The molecule has 0 aliphatic heterocycles. The summed E-state index contributed by atoms with van der Waals surface area (Å²) in [7, 11) is 0. The van der Waals surface area contributed by atoms with E-state index in [1.54, 1.807) is 6.07 Å². The fourth-order valence-corrected chi connectivity index (χ4v) is 1.47. The lowest BCUT2D eigenvalue weighted by atomic mass is 10.2. The first-order valence-electron chi connectivity index (χ1n) is 5.40. The number of amides is 1. The Bertz CT molecular complexity index is 366. The number of hydrogen-bond acceptors (Lipinski definition) is 2. The van der Waals surface area contributed by atoms with Crippen molar-refractivity contribution < 1.29 is 4.79 Å². The van der Waals surface area contributed by atoms with Gasteiger partial charge in [-0.25, -0.2) is 0 Å². The van der Waals surface area contributed by atoms with Gasteiger partial charge in [-0.1, -0.05) is 24.6 Å². The van der Waals surface area contributed by atoms with Gasteiger partial charge in [-0.2, -0.15) is 0 Å². The molecule has 0 bridgehead atoms. The van der Waals surface area contributed by atoms with Gasteiger partial charge in [0.1, 0.15) is 0 Å². The van der Waals surface area contributed by atoms with Crippen LogP contribution in [-0.2, 0) is 4.79 Å². The van der Waals surface area contributed by atoms with Gasteiger partial charge in [0.2, 0.25) is 5.91 Å². The summed E-state index contributed by atoms with van der Waals surface area (Å²) in [5.41, 5.74) is 1.78. The highest BCUT2D eigenvalue weighted by atomic mass is 35.5. The fraction of sp³-hybridized carbons (Fsp3) is 0.417. The molecule has 0 atom stereocenters. The Kier molecular flexibility index (Phi) is 5.29. The zero-order valence-electron chi connectivity index (χ0n) is 9.64. The Morgan fingerprint density at radius 3 is 2.88 bits per heavy atom. The Morgan fingerprint density at radius 2 is 2.19 bits per heavy atom. The van der Waals surface area contributed by atoms with Crippen LogP contribution in [0.5, 0.6) is 0 Å². The quantitative estimate of drug-likeness (QED) is 0.777. The van der Waals surface area contributed by atoms with Gasteiger partial charge in [-0.05, 0) is 37.6 Å². The Labute approximate surface area is 101 Å². The number of carbonyl (C=O) groups is 1. The maximum Gasteiger partial charge on any atom is 0.238 e.